The number of ether oxygens (including phenoxy) is 1. The predicted octanol–water partition coefficient (Wildman–Crippen LogP) is 4.05. The summed E-state index contributed by atoms with van der Waals surface area (Å²) < 4.78 is 5.65. The molecule has 2 aliphatic heterocycles. The van der Waals surface area contributed by atoms with E-state index < -0.39 is 0 Å². The molecule has 3 aliphatic rings. The average Bonchev–Trinajstić information content (AvgIpc) is 3.20. The van der Waals surface area contributed by atoms with Crippen LogP contribution in [0.4, 0.5) is 4.79 Å². The third-order valence-electron chi connectivity index (χ3n) is 6.37. The molecule has 2 saturated heterocycles. The fourth-order valence-corrected chi connectivity index (χ4v) is 5.21. The highest BCUT2D eigenvalue weighted by Gasteiger charge is 2.43. The van der Waals surface area contributed by atoms with Gasteiger partial charge in [-0.05, 0) is 69.5 Å². The predicted molar refractivity (Wildman–Crippen MR) is 98.3 cm³/mol. The molecule has 4 nitrogen and oxygen atoms in total. The van der Waals surface area contributed by atoms with Gasteiger partial charge in [-0.2, -0.15) is 0 Å². The molecule has 4 rings (SSSR count). The third-order valence-corrected chi connectivity index (χ3v) is 6.37. The monoisotopic (exact) mass is 342 g/mol. The number of nitrogens with zero attached hydrogens (tertiary/aromatic N) is 2. The second-order valence-electron chi connectivity index (χ2n) is 7.85. The van der Waals surface area contributed by atoms with Gasteiger partial charge >= 0.3 is 6.09 Å². The fourth-order valence-electron chi connectivity index (χ4n) is 5.21. The zero-order valence-electron chi connectivity index (χ0n) is 15.1. The van der Waals surface area contributed by atoms with E-state index in [-0.39, 0.29) is 6.09 Å². The molecular weight excluding hydrogens is 312 g/mol. The van der Waals surface area contributed by atoms with Crippen LogP contribution in [0.25, 0.3) is 0 Å². The van der Waals surface area contributed by atoms with E-state index >= 15 is 0 Å². The summed E-state index contributed by atoms with van der Waals surface area (Å²) in [5, 5.41) is 0. The van der Waals surface area contributed by atoms with Gasteiger partial charge in [0.1, 0.15) is 6.61 Å². The van der Waals surface area contributed by atoms with Crippen LogP contribution < -0.4 is 0 Å². The summed E-state index contributed by atoms with van der Waals surface area (Å²) in [6.07, 6.45) is 8.67. The molecule has 2 heterocycles. The normalized spacial score (nSPS) is 30.1. The zero-order valence-corrected chi connectivity index (χ0v) is 15.1. The Morgan fingerprint density at radius 2 is 1.68 bits per heavy atom. The van der Waals surface area contributed by atoms with Crippen LogP contribution in [0.1, 0.15) is 50.5 Å². The van der Waals surface area contributed by atoms with Gasteiger partial charge in [0.15, 0.2) is 0 Å². The minimum absolute atomic E-state index is 0.111. The molecule has 1 aromatic carbocycles. The van der Waals surface area contributed by atoms with Crippen molar-refractivity contribution in [2.45, 2.75) is 63.6 Å². The smallest absolute Gasteiger partial charge is 0.410 e. The van der Waals surface area contributed by atoms with Gasteiger partial charge in [0.25, 0.3) is 0 Å². The maximum Gasteiger partial charge on any atom is 0.410 e. The van der Waals surface area contributed by atoms with Crippen molar-refractivity contribution in [1.29, 1.82) is 0 Å². The van der Waals surface area contributed by atoms with Gasteiger partial charge in [0, 0.05) is 18.6 Å². The molecule has 0 N–H and O–H groups in total. The van der Waals surface area contributed by atoms with Gasteiger partial charge in [-0.25, -0.2) is 4.79 Å². The number of hydrogen-bond donors (Lipinski definition) is 0. The molecule has 0 bridgehead atoms. The minimum atomic E-state index is -0.111. The summed E-state index contributed by atoms with van der Waals surface area (Å²) in [5.74, 6) is 0.643. The minimum Gasteiger partial charge on any atom is -0.445 e. The first-order chi connectivity index (χ1) is 12.3. The Kier molecular flexibility index (Phi) is 5.25. The van der Waals surface area contributed by atoms with Crippen LogP contribution in [-0.4, -0.2) is 47.6 Å². The molecule has 1 amide bonds. The van der Waals surface area contributed by atoms with E-state index in [9.17, 15) is 4.79 Å². The van der Waals surface area contributed by atoms with Gasteiger partial charge in [-0.3, -0.25) is 0 Å². The molecule has 136 valence electrons. The van der Waals surface area contributed by atoms with E-state index in [1.165, 1.54) is 45.2 Å². The van der Waals surface area contributed by atoms with Gasteiger partial charge in [-0.15, -0.1) is 0 Å². The third kappa shape index (κ3) is 3.69. The lowest BCUT2D eigenvalue weighted by atomic mass is 9.74. The number of fused-ring (bicyclic) bond motifs is 1. The first-order valence-corrected chi connectivity index (χ1v) is 10.0. The lowest BCUT2D eigenvalue weighted by Gasteiger charge is -2.49. The Morgan fingerprint density at radius 1 is 0.920 bits per heavy atom. The first kappa shape index (κ1) is 16.9. The van der Waals surface area contributed by atoms with Crippen molar-refractivity contribution >= 4 is 6.09 Å². The van der Waals surface area contributed by atoms with Crippen LogP contribution in [-0.2, 0) is 11.3 Å². The molecule has 0 radical (unpaired) electrons. The standard InChI is InChI=1S/C21H30N2O2/c24-21(25-16-17-8-2-1-3-9-17)23-15-7-10-18-19(11-6-12-20(18)23)22-13-4-5-14-22/h1-3,8-9,18-20H,4-7,10-16H2/t18-,19+,20+/m0/s1. The molecule has 1 aromatic rings. The number of amides is 1. The van der Waals surface area contributed by atoms with Crippen molar-refractivity contribution in [1.82, 2.24) is 9.80 Å². The van der Waals surface area contributed by atoms with Crippen LogP contribution in [0.2, 0.25) is 0 Å². The largest absolute Gasteiger partial charge is 0.445 e. The quantitative estimate of drug-likeness (QED) is 0.831. The van der Waals surface area contributed by atoms with Gasteiger partial charge in [0.2, 0.25) is 0 Å². The highest BCUT2D eigenvalue weighted by atomic mass is 16.6. The van der Waals surface area contributed by atoms with Crippen LogP contribution in [0.15, 0.2) is 30.3 Å². The van der Waals surface area contributed by atoms with E-state index in [0.717, 1.165) is 24.9 Å². The summed E-state index contributed by atoms with van der Waals surface area (Å²) in [6.45, 7) is 3.75. The first-order valence-electron chi connectivity index (χ1n) is 10.0. The van der Waals surface area contributed by atoms with Crippen molar-refractivity contribution in [3.8, 4) is 0 Å². The van der Waals surface area contributed by atoms with Gasteiger partial charge in [0.05, 0.1) is 0 Å². The number of hydrogen-bond acceptors (Lipinski definition) is 3. The van der Waals surface area contributed by atoms with Crippen molar-refractivity contribution < 1.29 is 9.53 Å². The van der Waals surface area contributed by atoms with Crippen molar-refractivity contribution in [2.24, 2.45) is 5.92 Å². The topological polar surface area (TPSA) is 32.8 Å². The summed E-state index contributed by atoms with van der Waals surface area (Å²) in [4.78, 5) is 17.5. The Labute approximate surface area is 151 Å². The van der Waals surface area contributed by atoms with Gasteiger partial charge < -0.3 is 14.5 Å². The number of likely N-dealkylation sites (tertiary alicyclic amines) is 2. The highest BCUT2D eigenvalue weighted by Crippen LogP contribution is 2.39. The molecule has 0 unspecified atom stereocenters. The molecule has 0 aromatic heterocycles. The van der Waals surface area contributed by atoms with Gasteiger partial charge in [-0.1, -0.05) is 30.3 Å². The van der Waals surface area contributed by atoms with E-state index in [0.29, 0.717) is 24.6 Å². The van der Waals surface area contributed by atoms with Crippen molar-refractivity contribution in [3.05, 3.63) is 35.9 Å². The summed E-state index contributed by atoms with van der Waals surface area (Å²) in [7, 11) is 0. The van der Waals surface area contributed by atoms with E-state index in [4.69, 9.17) is 4.74 Å². The molecule has 1 aliphatic carbocycles. The Hall–Kier alpha value is -1.55. The molecule has 1 saturated carbocycles. The van der Waals surface area contributed by atoms with E-state index in [2.05, 4.69) is 9.80 Å². The lowest BCUT2D eigenvalue weighted by molar-refractivity contribution is -0.00204. The summed E-state index contributed by atoms with van der Waals surface area (Å²) in [6, 6.07) is 11.1. The van der Waals surface area contributed by atoms with Crippen LogP contribution in [0.3, 0.4) is 0 Å². The average molecular weight is 342 g/mol. The number of benzene rings is 1. The Bertz CT molecular complexity index is 571. The fraction of sp³-hybridized carbons (Fsp3) is 0.667. The molecule has 3 atom stereocenters. The maximum atomic E-state index is 12.7. The Balaban J connectivity index is 1.40. The number of carbonyl (C=O) groups is 1. The summed E-state index contributed by atoms with van der Waals surface area (Å²) >= 11 is 0. The van der Waals surface area contributed by atoms with Crippen molar-refractivity contribution in [2.75, 3.05) is 19.6 Å². The zero-order chi connectivity index (χ0) is 17.1. The second-order valence-corrected chi connectivity index (χ2v) is 7.85. The second kappa shape index (κ2) is 7.77. The van der Waals surface area contributed by atoms with E-state index in [1.54, 1.807) is 0 Å². The molecule has 25 heavy (non-hydrogen) atoms. The molecule has 0 spiro atoms. The number of piperidine rings is 1. The molecular formula is C21H30N2O2. The maximum absolute atomic E-state index is 12.7. The van der Waals surface area contributed by atoms with Crippen LogP contribution >= 0.6 is 0 Å². The van der Waals surface area contributed by atoms with Crippen molar-refractivity contribution in [3.63, 3.8) is 0 Å². The lowest BCUT2D eigenvalue weighted by Crippen LogP contribution is -2.57. The van der Waals surface area contributed by atoms with E-state index in [1.807, 2.05) is 30.3 Å². The Morgan fingerprint density at radius 3 is 2.48 bits per heavy atom. The summed E-state index contributed by atoms with van der Waals surface area (Å²) in [5.41, 5.74) is 1.06. The van der Waals surface area contributed by atoms with Crippen LogP contribution in [0.5, 0.6) is 0 Å². The number of carbonyl (C=O) groups excluding carboxylic acids is 1. The molecule has 3 fully saturated rings. The molecule has 4 heteroatoms. The number of rotatable bonds is 3. The highest BCUT2D eigenvalue weighted by molar-refractivity contribution is 5.68. The van der Waals surface area contributed by atoms with Crippen LogP contribution in [0, 0.1) is 5.92 Å². The SMILES string of the molecule is O=C(OCc1ccccc1)N1CCC[C@H]2[C@H](N3CCCC3)CCC[C@H]21.